The van der Waals surface area contributed by atoms with Crippen molar-refractivity contribution in [1.82, 2.24) is 5.53 Å². The number of nitrogens with zero attached hydrogens (tertiary/aromatic N) is 2. The number of rotatable bonds is 7. The zero-order valence-corrected chi connectivity index (χ0v) is 24.9. The lowest BCUT2D eigenvalue weighted by atomic mass is 9.84. The second-order valence-electron chi connectivity index (χ2n) is 8.12. The minimum Gasteiger partial charge on any atom is -0.381 e. The fraction of sp³-hybridized carbons (Fsp3) is 0.480. The van der Waals surface area contributed by atoms with Gasteiger partial charge in [0.1, 0.15) is 4.90 Å². The van der Waals surface area contributed by atoms with Crippen molar-refractivity contribution in [3.8, 4) is 0 Å². The zero-order chi connectivity index (χ0) is 27.7. The van der Waals surface area contributed by atoms with Crippen LogP contribution in [0.5, 0.6) is 0 Å². The molecule has 2 aromatic carbocycles. The highest BCUT2D eigenvalue weighted by atomic mass is 35.5. The number of aryl methyl sites for hydroxylation is 2. The van der Waals surface area contributed by atoms with Gasteiger partial charge in [0.25, 0.3) is 0 Å². The Morgan fingerprint density at radius 2 is 1.49 bits per heavy atom. The van der Waals surface area contributed by atoms with E-state index >= 15 is 0 Å². The van der Waals surface area contributed by atoms with Crippen LogP contribution in [0.3, 0.4) is 0 Å². The summed E-state index contributed by atoms with van der Waals surface area (Å²) in [6.07, 6.45) is 0. The largest absolute Gasteiger partial charge is 0.381 e. The summed E-state index contributed by atoms with van der Waals surface area (Å²) >= 11 is 12.1. The third-order valence-electron chi connectivity index (χ3n) is 5.91. The van der Waals surface area contributed by atoms with Gasteiger partial charge in [0.2, 0.25) is 0 Å². The van der Waals surface area contributed by atoms with E-state index in [1.54, 1.807) is 14.1 Å². The molecule has 0 saturated carbocycles. The molecule has 10 heteroatoms. The lowest BCUT2D eigenvalue weighted by Crippen LogP contribution is -2.60. The Bertz CT molecular complexity index is 1120. The number of benzene rings is 2. The number of amidine groups is 1. The topological polar surface area (TPSA) is 111 Å². The van der Waals surface area contributed by atoms with Gasteiger partial charge in [-0.1, -0.05) is 70.0 Å². The predicted octanol–water partition coefficient (Wildman–Crippen LogP) is 5.64. The Labute approximate surface area is 222 Å². The van der Waals surface area contributed by atoms with Crippen LogP contribution in [0.15, 0.2) is 40.3 Å². The highest BCUT2D eigenvalue weighted by molar-refractivity contribution is 7.86. The van der Waals surface area contributed by atoms with Gasteiger partial charge in [-0.15, -0.1) is 5.10 Å². The van der Waals surface area contributed by atoms with Gasteiger partial charge in [0, 0.05) is 5.92 Å². The smallest absolute Gasteiger partial charge is 0.327 e. The first-order valence-electron chi connectivity index (χ1n) is 11.7. The summed E-state index contributed by atoms with van der Waals surface area (Å²) in [4.78, 5) is 0.0373. The molecular weight excluding hydrogens is 505 g/mol. The van der Waals surface area contributed by atoms with Crippen molar-refractivity contribution in [3.63, 3.8) is 0 Å². The average molecular weight is 548 g/mol. The lowest BCUT2D eigenvalue weighted by molar-refractivity contribution is -0.781. The number of halogens is 2. The van der Waals surface area contributed by atoms with Crippen molar-refractivity contribution < 1.29 is 12.3 Å². The fourth-order valence-electron chi connectivity index (χ4n) is 4.14. The van der Waals surface area contributed by atoms with E-state index in [9.17, 15) is 8.42 Å². The van der Waals surface area contributed by atoms with E-state index in [0.717, 1.165) is 22.3 Å². The van der Waals surface area contributed by atoms with Gasteiger partial charge in [-0.3, -0.25) is 0 Å². The van der Waals surface area contributed by atoms with Crippen LogP contribution in [-0.2, 0) is 10.0 Å². The fourth-order valence-corrected chi connectivity index (χ4v) is 6.15. The first-order chi connectivity index (χ1) is 16.3. The van der Waals surface area contributed by atoms with Gasteiger partial charge in [0.05, 0.1) is 24.1 Å². The molecule has 0 bridgehead atoms. The van der Waals surface area contributed by atoms with Crippen molar-refractivity contribution in [1.29, 1.82) is 0 Å². The molecule has 2 atom stereocenters. The minimum absolute atomic E-state index is 0.0373. The molecule has 35 heavy (non-hydrogen) atoms. The van der Waals surface area contributed by atoms with Gasteiger partial charge < -0.3 is 5.73 Å². The van der Waals surface area contributed by atoms with Gasteiger partial charge in [-0.25, -0.2) is 15.3 Å². The average Bonchev–Trinajstić information content (AvgIpc) is 2.81. The van der Waals surface area contributed by atoms with Crippen molar-refractivity contribution >= 4 is 39.1 Å². The van der Waals surface area contributed by atoms with Crippen LogP contribution in [0.25, 0.3) is 0 Å². The van der Waals surface area contributed by atoms with E-state index < -0.39 is 20.0 Å². The number of hydrazone groups is 1. The van der Waals surface area contributed by atoms with Crippen molar-refractivity contribution in [2.45, 2.75) is 72.2 Å². The number of nitrogens with two attached hydrogens (primary N) is 2. The number of sulfonamides is 1. The summed E-state index contributed by atoms with van der Waals surface area (Å²) in [7, 11) is -0.801. The van der Waals surface area contributed by atoms with Gasteiger partial charge in [-0.05, 0) is 61.2 Å². The molecule has 2 rings (SSSR count). The summed E-state index contributed by atoms with van der Waals surface area (Å²) in [6, 6.07) is 7.55. The van der Waals surface area contributed by atoms with Crippen LogP contribution in [0, 0.1) is 20.8 Å². The highest BCUT2D eigenvalue weighted by Crippen LogP contribution is 2.36. The number of hydrogen-bond acceptors (Lipinski definition) is 5. The summed E-state index contributed by atoms with van der Waals surface area (Å²) in [6.45, 7) is 16.0. The van der Waals surface area contributed by atoms with Gasteiger partial charge in [-0.2, -0.15) is 8.42 Å². The Balaban J connectivity index is 0.00000274. The van der Waals surface area contributed by atoms with Crippen molar-refractivity contribution in [3.05, 3.63) is 62.6 Å². The van der Waals surface area contributed by atoms with E-state index in [4.69, 9.17) is 34.8 Å². The quantitative estimate of drug-likeness (QED) is 0.137. The van der Waals surface area contributed by atoms with E-state index in [1.807, 2.05) is 67.5 Å². The summed E-state index contributed by atoms with van der Waals surface area (Å²) in [5.41, 5.74) is 12.8. The van der Waals surface area contributed by atoms with Crippen LogP contribution in [-0.4, -0.2) is 38.3 Å². The van der Waals surface area contributed by atoms with E-state index in [2.05, 4.69) is 10.6 Å². The molecule has 0 aliphatic heterocycles. The van der Waals surface area contributed by atoms with Crippen molar-refractivity contribution in [2.75, 3.05) is 14.1 Å². The van der Waals surface area contributed by atoms with Crippen LogP contribution in [0.2, 0.25) is 10.0 Å². The Kier molecular flexibility index (Phi) is 13.3. The minimum atomic E-state index is -3.96. The predicted molar refractivity (Wildman–Crippen MR) is 150 cm³/mol. The standard InChI is InChI=1S/C21H30Cl2N5O2S.2C2H6/c1-12-7-8-13(2)19(14(12)3)15(4)20(21(24)26-27-25)28(5,6)31(29,30)16-9-10-17(22)18(23)11-16;2*1-2/h7-11,15,20,27H,25H2,1-6H3,(H2,24,26);2*1-2H3/q+1;;. The third kappa shape index (κ3) is 7.11. The van der Waals surface area contributed by atoms with E-state index in [0.29, 0.717) is 0 Å². The molecule has 5 N–H and O–H groups in total. The maximum atomic E-state index is 13.7. The number of hydrazine groups is 1. The first-order valence-corrected chi connectivity index (χ1v) is 13.9. The highest BCUT2D eigenvalue weighted by Gasteiger charge is 2.48. The molecule has 7 nitrogen and oxygen atoms in total. The number of nitrogens with one attached hydrogen (secondary N) is 1. The molecule has 0 fully saturated rings. The molecule has 0 aromatic heterocycles. The van der Waals surface area contributed by atoms with Crippen molar-refractivity contribution in [2.24, 2.45) is 16.7 Å². The van der Waals surface area contributed by atoms with Crippen LogP contribution < -0.4 is 17.1 Å². The second kappa shape index (κ2) is 14.0. The Morgan fingerprint density at radius 3 is 1.97 bits per heavy atom. The van der Waals surface area contributed by atoms with E-state index in [-0.39, 0.29) is 26.7 Å². The molecule has 2 unspecified atom stereocenters. The number of hydrogen-bond donors (Lipinski definition) is 3. The monoisotopic (exact) mass is 546 g/mol. The molecule has 0 radical (unpaired) electrons. The number of likely N-dealkylation sites (N-methyl/N-ethyl adjacent to an activating group) is 1. The molecule has 0 heterocycles. The Hall–Kier alpha value is -1.84. The molecular formula is C25H42Cl2N5O2S+. The molecule has 0 amide bonds. The number of quaternary nitrogens is 1. The third-order valence-corrected chi connectivity index (χ3v) is 8.96. The maximum absolute atomic E-state index is 13.7. The maximum Gasteiger partial charge on any atom is 0.327 e. The molecule has 198 valence electrons. The summed E-state index contributed by atoms with van der Waals surface area (Å²) in [5.74, 6) is 5.16. The van der Waals surface area contributed by atoms with E-state index in [1.165, 1.54) is 18.2 Å². The molecule has 0 spiro atoms. The normalized spacial score (nSPS) is 13.6. The second-order valence-corrected chi connectivity index (χ2v) is 11.3. The SMILES string of the molecule is CC.CC.Cc1ccc(C)c(C(C)C(/C(N)=N/NN)[N+](C)(C)S(=O)(=O)c2ccc(Cl)c(Cl)c2)c1C. The zero-order valence-electron chi connectivity index (χ0n) is 22.6. The van der Waals surface area contributed by atoms with Crippen LogP contribution >= 0.6 is 23.2 Å². The van der Waals surface area contributed by atoms with Crippen LogP contribution in [0.1, 0.15) is 62.8 Å². The van der Waals surface area contributed by atoms with Crippen LogP contribution in [0.4, 0.5) is 0 Å². The van der Waals surface area contributed by atoms with Gasteiger partial charge in [0.15, 0.2) is 11.9 Å². The molecule has 0 saturated heterocycles. The summed E-state index contributed by atoms with van der Waals surface area (Å²) in [5, 5.41) is 4.38. The Morgan fingerprint density at radius 1 is 0.971 bits per heavy atom. The van der Waals surface area contributed by atoms with Gasteiger partial charge >= 0.3 is 10.0 Å². The molecule has 2 aromatic rings. The summed E-state index contributed by atoms with van der Waals surface area (Å²) < 4.78 is 27.0. The molecule has 0 aliphatic carbocycles. The first kappa shape index (κ1) is 33.2. The molecule has 0 aliphatic rings. The lowest BCUT2D eigenvalue weighted by Gasteiger charge is -2.39.